The molecule has 256 valence electrons. The summed E-state index contributed by atoms with van der Waals surface area (Å²) < 4.78 is 44.4. The molecular formula is C32H39N6O9P. The monoisotopic (exact) mass is 682 g/mol. The number of hydrogen-bond donors (Lipinski definition) is 3. The van der Waals surface area contributed by atoms with Gasteiger partial charge in [-0.15, -0.1) is 0 Å². The molecule has 2 aromatic heterocycles. The maximum absolute atomic E-state index is 14.3. The fourth-order valence-corrected chi connectivity index (χ4v) is 6.69. The van der Waals surface area contributed by atoms with E-state index in [0.717, 1.165) is 5.56 Å². The van der Waals surface area contributed by atoms with Crippen molar-refractivity contribution in [1.82, 2.24) is 24.6 Å². The van der Waals surface area contributed by atoms with Crippen molar-refractivity contribution in [3.05, 3.63) is 78.4 Å². The lowest BCUT2D eigenvalue weighted by Gasteiger charge is -2.25. The molecule has 15 nitrogen and oxygen atoms in total. The number of nitrogens with zero attached hydrogens (tertiary/aromatic N) is 4. The summed E-state index contributed by atoms with van der Waals surface area (Å²) in [6, 6.07) is 14.8. The van der Waals surface area contributed by atoms with Crippen LogP contribution in [0.25, 0.3) is 11.2 Å². The van der Waals surface area contributed by atoms with Crippen molar-refractivity contribution in [2.45, 2.75) is 70.6 Å². The van der Waals surface area contributed by atoms with Crippen LogP contribution in [0.3, 0.4) is 0 Å². The van der Waals surface area contributed by atoms with Crippen molar-refractivity contribution in [3.8, 4) is 5.75 Å². The smallest absolute Gasteiger partial charge is 0.459 e. The molecule has 48 heavy (non-hydrogen) atoms. The molecule has 0 bridgehead atoms. The van der Waals surface area contributed by atoms with E-state index in [-0.39, 0.29) is 63.2 Å². The summed E-state index contributed by atoms with van der Waals surface area (Å²) in [4.78, 5) is 37.4. The normalized spacial score (nSPS) is 19.4. The first-order valence-corrected chi connectivity index (χ1v) is 17.1. The van der Waals surface area contributed by atoms with E-state index < -0.39 is 38.1 Å². The number of carbonyl (C=O) groups excluding carboxylic acids is 2. The van der Waals surface area contributed by atoms with Gasteiger partial charge in [-0.1, -0.05) is 48.5 Å². The van der Waals surface area contributed by atoms with Crippen LogP contribution in [-0.4, -0.2) is 74.1 Å². The van der Waals surface area contributed by atoms with E-state index in [1.165, 1.54) is 13.3 Å². The van der Waals surface area contributed by atoms with Crippen molar-refractivity contribution < 1.29 is 42.5 Å². The van der Waals surface area contributed by atoms with Crippen molar-refractivity contribution in [1.29, 1.82) is 0 Å². The Kier molecular flexibility index (Phi) is 11.7. The number of benzene rings is 2. The highest BCUT2D eigenvalue weighted by atomic mass is 31.2. The number of nitrogens with two attached hydrogens (primary N) is 1. The van der Waals surface area contributed by atoms with Crippen LogP contribution in [0.4, 0.5) is 5.82 Å². The molecule has 1 aliphatic heterocycles. The molecule has 1 aliphatic rings. The van der Waals surface area contributed by atoms with Crippen molar-refractivity contribution in [2.75, 3.05) is 18.9 Å². The van der Waals surface area contributed by atoms with E-state index in [1.54, 1.807) is 42.1 Å². The van der Waals surface area contributed by atoms with E-state index in [1.807, 2.05) is 30.3 Å². The number of carbonyl (C=O) groups is 2. The van der Waals surface area contributed by atoms with Crippen molar-refractivity contribution in [2.24, 2.45) is 0 Å². The fourth-order valence-electron chi connectivity index (χ4n) is 5.13. The minimum absolute atomic E-state index is 0.0222. The van der Waals surface area contributed by atoms with E-state index in [9.17, 15) is 19.3 Å². The Labute approximate surface area is 277 Å². The van der Waals surface area contributed by atoms with Crippen molar-refractivity contribution in [3.63, 3.8) is 0 Å². The highest BCUT2D eigenvalue weighted by Crippen LogP contribution is 2.46. The first-order chi connectivity index (χ1) is 23.1. The Hall–Kier alpha value is -4.40. The quantitative estimate of drug-likeness (QED) is 0.115. The van der Waals surface area contributed by atoms with E-state index in [2.05, 4.69) is 20.0 Å². The predicted molar refractivity (Wildman–Crippen MR) is 173 cm³/mol. The summed E-state index contributed by atoms with van der Waals surface area (Å²) in [7, 11) is -4.30. The van der Waals surface area contributed by atoms with Gasteiger partial charge in [0.2, 0.25) is 0 Å². The van der Waals surface area contributed by atoms with Crippen LogP contribution in [0.2, 0.25) is 0 Å². The van der Waals surface area contributed by atoms with Gasteiger partial charge in [0.15, 0.2) is 11.5 Å². The molecule has 1 saturated heterocycles. The average Bonchev–Trinajstić information content (AvgIpc) is 3.66. The number of hydrogen-bond acceptors (Lipinski definition) is 13. The van der Waals surface area contributed by atoms with Crippen LogP contribution >= 0.6 is 7.75 Å². The minimum Gasteiger partial charge on any atom is -0.466 e. The molecule has 1 unspecified atom stereocenters. The molecule has 1 fully saturated rings. The maximum atomic E-state index is 14.3. The molecule has 5 atom stereocenters. The standard InChI is InChI=1S/C32H39N6O9P/c1-3-43-28(40)14-13-23-11-7-8-12-26(23)47-48(42,37-21(2)32(41)44-17-22-9-5-4-6-10-22)45-18-24-15-25(39)27(46-24)16-38-20-36-29-30(33)34-19-35-31(29)38/h4-12,19-21,24-25,27,39H,3,13-18H2,1-2H3,(H,37,42)(H2,33,34,35)/t21-,24-,25-,27-,48?/m0/s1. The van der Waals surface area contributed by atoms with Crippen molar-refractivity contribution >= 4 is 36.7 Å². The number of imidazole rings is 1. The Morgan fingerprint density at radius 3 is 2.69 bits per heavy atom. The molecule has 16 heteroatoms. The van der Waals surface area contributed by atoms with Gasteiger partial charge in [-0.2, -0.15) is 5.09 Å². The largest absolute Gasteiger partial charge is 0.466 e. The Morgan fingerprint density at radius 2 is 1.90 bits per heavy atom. The number of anilines is 1. The molecule has 3 heterocycles. The zero-order chi connectivity index (χ0) is 34.1. The number of aromatic nitrogens is 4. The van der Waals surface area contributed by atoms with Gasteiger partial charge in [-0.05, 0) is 37.5 Å². The topological polar surface area (TPSA) is 199 Å². The Balaban J connectivity index is 1.27. The zero-order valence-electron chi connectivity index (χ0n) is 26.6. The number of rotatable bonds is 16. The highest BCUT2D eigenvalue weighted by Gasteiger charge is 2.39. The molecule has 0 saturated carbocycles. The molecule has 5 rings (SSSR count). The molecule has 4 aromatic rings. The van der Waals surface area contributed by atoms with Crippen LogP contribution in [0, 0.1) is 0 Å². The van der Waals surface area contributed by atoms with Gasteiger partial charge in [0.05, 0.1) is 38.3 Å². The molecule has 2 aromatic carbocycles. The lowest BCUT2D eigenvalue weighted by Crippen LogP contribution is -2.35. The summed E-state index contributed by atoms with van der Waals surface area (Å²) in [5.41, 5.74) is 8.20. The van der Waals surface area contributed by atoms with Gasteiger partial charge >= 0.3 is 19.7 Å². The second kappa shape index (κ2) is 16.1. The maximum Gasteiger partial charge on any atom is 0.459 e. The van der Waals surface area contributed by atoms with Gasteiger partial charge < -0.3 is 34.1 Å². The Bertz CT molecular complexity index is 1740. The summed E-state index contributed by atoms with van der Waals surface area (Å²) >= 11 is 0. The number of aryl methyl sites for hydroxylation is 1. The predicted octanol–water partition coefficient (Wildman–Crippen LogP) is 3.35. The molecule has 0 amide bonds. The van der Waals surface area contributed by atoms with Crippen LogP contribution in [0.1, 0.15) is 37.8 Å². The lowest BCUT2D eigenvalue weighted by atomic mass is 10.1. The third-order valence-corrected chi connectivity index (χ3v) is 9.19. The molecule has 0 radical (unpaired) electrons. The third-order valence-electron chi connectivity index (χ3n) is 7.56. The first-order valence-electron chi connectivity index (χ1n) is 15.5. The second-order valence-electron chi connectivity index (χ2n) is 11.2. The summed E-state index contributed by atoms with van der Waals surface area (Å²) in [6.07, 6.45) is 1.18. The Morgan fingerprint density at radius 1 is 1.12 bits per heavy atom. The average molecular weight is 683 g/mol. The second-order valence-corrected chi connectivity index (χ2v) is 12.9. The fraction of sp³-hybridized carbons (Fsp3) is 0.406. The molecular weight excluding hydrogens is 643 g/mol. The summed E-state index contributed by atoms with van der Waals surface area (Å²) in [5.74, 6) is -0.625. The molecule has 0 spiro atoms. The number of ether oxygens (including phenoxy) is 3. The third kappa shape index (κ3) is 9.14. The van der Waals surface area contributed by atoms with Gasteiger partial charge in [0, 0.05) is 12.8 Å². The molecule has 0 aliphatic carbocycles. The van der Waals surface area contributed by atoms with Crippen LogP contribution in [0.15, 0.2) is 67.3 Å². The van der Waals surface area contributed by atoms with Crippen LogP contribution in [0.5, 0.6) is 5.75 Å². The lowest BCUT2D eigenvalue weighted by molar-refractivity contribution is -0.146. The number of nitrogens with one attached hydrogen (secondary N) is 1. The van der Waals surface area contributed by atoms with Gasteiger partial charge in [0.25, 0.3) is 0 Å². The first kappa shape index (κ1) is 34.9. The van der Waals surface area contributed by atoms with E-state index in [0.29, 0.717) is 16.7 Å². The number of aliphatic hydroxyl groups is 1. The zero-order valence-corrected chi connectivity index (χ0v) is 27.5. The highest BCUT2D eigenvalue weighted by molar-refractivity contribution is 7.52. The van der Waals surface area contributed by atoms with Crippen LogP contribution < -0.4 is 15.3 Å². The summed E-state index contributed by atoms with van der Waals surface area (Å²) in [5, 5.41) is 13.5. The number of esters is 2. The molecule has 4 N–H and O–H groups in total. The summed E-state index contributed by atoms with van der Waals surface area (Å²) in [6.45, 7) is 3.46. The van der Waals surface area contributed by atoms with Crippen LogP contribution in [-0.2, 0) is 52.5 Å². The van der Waals surface area contributed by atoms with E-state index in [4.69, 9.17) is 29.0 Å². The number of fused-ring (bicyclic) bond motifs is 1. The van der Waals surface area contributed by atoms with Gasteiger partial charge in [-0.25, -0.2) is 19.5 Å². The number of nitrogen functional groups attached to an aromatic ring is 1. The van der Waals surface area contributed by atoms with Gasteiger partial charge in [-0.3, -0.25) is 14.1 Å². The number of para-hydroxylation sites is 1. The minimum atomic E-state index is -4.30. The SMILES string of the molecule is CCOC(=O)CCc1ccccc1OP(=O)(N[C@@H](C)C(=O)OCc1ccccc1)OC[C@@H]1C[C@H](O)[C@H](Cn2cnc3c(N)ncnc32)O1. The van der Waals surface area contributed by atoms with E-state index >= 15 is 0 Å². The number of aliphatic hydroxyl groups excluding tert-OH is 1. The van der Waals surface area contributed by atoms with Gasteiger partial charge in [0.1, 0.15) is 36.3 Å².